The van der Waals surface area contributed by atoms with E-state index >= 15 is 0 Å². The van der Waals surface area contributed by atoms with Crippen LogP contribution >= 0.6 is 31.6 Å². The molecule has 0 aliphatic heterocycles. The first-order valence-electron chi connectivity index (χ1n) is 4.53. The lowest BCUT2D eigenvalue weighted by atomic mass is 10.5. The first-order valence-corrected chi connectivity index (χ1v) is 8.35. The Morgan fingerprint density at radius 2 is 1.95 bits per heavy atom. The molecule has 2 rings (SSSR count). The molecule has 2 aromatic heterocycles. The fourth-order valence-electron chi connectivity index (χ4n) is 1.19. The van der Waals surface area contributed by atoms with Crippen molar-refractivity contribution in [3.63, 3.8) is 0 Å². The van der Waals surface area contributed by atoms with Crippen LogP contribution in [0, 0.1) is 0 Å². The van der Waals surface area contributed by atoms with Crippen molar-refractivity contribution < 1.29 is 32.7 Å². The second-order valence-electron chi connectivity index (χ2n) is 3.23. The predicted molar refractivity (Wildman–Crippen MR) is 67.0 cm³/mol. The fraction of sp³-hybridized carbons (Fsp3) is 0. The largest absolute Gasteiger partial charge is 0.555 e. The molecule has 0 aromatic carbocycles. The Labute approximate surface area is 118 Å². The summed E-state index contributed by atoms with van der Waals surface area (Å²) in [5, 5.41) is 0. The highest BCUT2D eigenvalue weighted by Gasteiger charge is 2.35. The molecule has 12 nitrogen and oxygen atoms in total. The standard InChI is InChI=1S/C5H6BrN5O7P2/c6-5-10-2-3(7)8-1-9-4(2)11(5)17-20(15,16)18-19(12,13)14/h1H,(H,15,16)(H2,7,8,9)(H2,12,13,14). The van der Waals surface area contributed by atoms with Crippen molar-refractivity contribution in [2.45, 2.75) is 0 Å². The molecule has 0 radical (unpaired) electrons. The van der Waals surface area contributed by atoms with Gasteiger partial charge >= 0.3 is 15.6 Å². The number of hydrogen-bond acceptors (Lipinski definition) is 8. The van der Waals surface area contributed by atoms with Crippen LogP contribution in [0.5, 0.6) is 0 Å². The van der Waals surface area contributed by atoms with Crippen LogP contribution in [0.3, 0.4) is 0 Å². The summed E-state index contributed by atoms with van der Waals surface area (Å²) < 4.78 is 30.6. The third-order valence-electron chi connectivity index (χ3n) is 1.79. The van der Waals surface area contributed by atoms with Gasteiger partial charge in [-0.25, -0.2) is 24.1 Å². The number of hydrogen-bond donors (Lipinski definition) is 4. The molecular weight excluding hydrogens is 384 g/mol. The molecular formula is C5H6BrN5O7P2. The Balaban J connectivity index is 2.44. The van der Waals surface area contributed by atoms with Crippen molar-refractivity contribution in [1.82, 2.24) is 19.7 Å². The van der Waals surface area contributed by atoms with E-state index in [1.54, 1.807) is 0 Å². The van der Waals surface area contributed by atoms with Gasteiger partial charge in [-0.2, -0.15) is 4.31 Å². The van der Waals surface area contributed by atoms with E-state index in [0.29, 0.717) is 4.73 Å². The highest BCUT2D eigenvalue weighted by molar-refractivity contribution is 9.10. The normalized spacial score (nSPS) is 15.2. The van der Waals surface area contributed by atoms with Crippen molar-refractivity contribution in [2.24, 2.45) is 0 Å². The molecule has 20 heavy (non-hydrogen) atoms. The highest BCUT2D eigenvalue weighted by atomic mass is 79.9. The van der Waals surface area contributed by atoms with Crippen LogP contribution in [0.15, 0.2) is 11.1 Å². The van der Waals surface area contributed by atoms with Crippen molar-refractivity contribution in [3.05, 3.63) is 11.1 Å². The molecule has 2 heterocycles. The molecule has 0 saturated heterocycles. The van der Waals surface area contributed by atoms with Crippen LogP contribution in [0.1, 0.15) is 0 Å². The number of nitrogens with two attached hydrogens (primary N) is 1. The van der Waals surface area contributed by atoms with Gasteiger partial charge in [0.25, 0.3) is 0 Å². The van der Waals surface area contributed by atoms with Crippen molar-refractivity contribution in [1.29, 1.82) is 0 Å². The van der Waals surface area contributed by atoms with Gasteiger partial charge in [-0.1, -0.05) is 0 Å². The lowest BCUT2D eigenvalue weighted by Crippen LogP contribution is -2.11. The van der Waals surface area contributed by atoms with Crippen LogP contribution in [0.4, 0.5) is 5.82 Å². The van der Waals surface area contributed by atoms with Gasteiger partial charge in [0.2, 0.25) is 10.4 Å². The Hall–Kier alpha value is -1.07. The lowest BCUT2D eigenvalue weighted by Gasteiger charge is -2.13. The van der Waals surface area contributed by atoms with Crippen LogP contribution in [-0.2, 0) is 13.4 Å². The molecule has 0 aliphatic rings. The van der Waals surface area contributed by atoms with Crippen LogP contribution < -0.4 is 10.4 Å². The number of phosphoric acid groups is 2. The lowest BCUT2D eigenvalue weighted by molar-refractivity contribution is 0.165. The summed E-state index contributed by atoms with van der Waals surface area (Å²) in [6.45, 7) is 0. The van der Waals surface area contributed by atoms with E-state index in [9.17, 15) is 14.0 Å². The molecule has 0 fully saturated rings. The second kappa shape index (κ2) is 5.04. The molecule has 1 unspecified atom stereocenters. The second-order valence-corrected chi connectivity index (χ2v) is 6.67. The topological polar surface area (TPSA) is 183 Å². The minimum absolute atomic E-state index is 0.0262. The average molecular weight is 390 g/mol. The molecule has 5 N–H and O–H groups in total. The van der Waals surface area contributed by atoms with E-state index in [1.807, 2.05) is 0 Å². The van der Waals surface area contributed by atoms with E-state index in [0.717, 1.165) is 6.33 Å². The third kappa shape index (κ3) is 3.33. The average Bonchev–Trinajstić information content (AvgIpc) is 2.54. The molecule has 2 aromatic rings. The van der Waals surface area contributed by atoms with Crippen molar-refractivity contribution in [3.8, 4) is 0 Å². The Morgan fingerprint density at radius 1 is 1.30 bits per heavy atom. The van der Waals surface area contributed by atoms with Gasteiger partial charge in [0.15, 0.2) is 11.3 Å². The molecule has 1 atom stereocenters. The van der Waals surface area contributed by atoms with E-state index in [4.69, 9.17) is 15.5 Å². The number of nitrogens with zero attached hydrogens (tertiary/aromatic N) is 4. The Bertz CT molecular complexity index is 757. The van der Waals surface area contributed by atoms with E-state index in [2.05, 4.69) is 39.8 Å². The van der Waals surface area contributed by atoms with Gasteiger partial charge in [-0.3, -0.25) is 4.89 Å². The molecule has 15 heteroatoms. The van der Waals surface area contributed by atoms with Crippen molar-refractivity contribution >= 4 is 48.6 Å². The Kier molecular flexibility index (Phi) is 3.86. The van der Waals surface area contributed by atoms with E-state index in [1.165, 1.54) is 0 Å². The highest BCUT2D eigenvalue weighted by Crippen LogP contribution is 2.55. The number of halogens is 1. The zero-order valence-electron chi connectivity index (χ0n) is 9.19. The van der Waals surface area contributed by atoms with Gasteiger partial charge < -0.3 is 20.1 Å². The van der Waals surface area contributed by atoms with Gasteiger partial charge in [0.1, 0.15) is 6.33 Å². The summed E-state index contributed by atoms with van der Waals surface area (Å²) >= 11 is 2.90. The number of fused-ring (bicyclic) bond motifs is 1. The van der Waals surface area contributed by atoms with Gasteiger partial charge in [-0.05, 0) is 15.9 Å². The minimum Gasteiger partial charge on any atom is -0.382 e. The maximum atomic E-state index is 11.5. The molecule has 0 saturated carbocycles. The Morgan fingerprint density at radius 3 is 2.55 bits per heavy atom. The smallest absolute Gasteiger partial charge is 0.382 e. The predicted octanol–water partition coefficient (Wildman–Crippen LogP) is -0.191. The fourth-order valence-corrected chi connectivity index (χ4v) is 3.27. The molecule has 0 aliphatic carbocycles. The first kappa shape index (κ1) is 15.3. The SMILES string of the molecule is Nc1ncnc2c1nc(Br)n2OP(=O)(O)OP(=O)(O)O. The van der Waals surface area contributed by atoms with Gasteiger partial charge in [-0.15, -0.1) is 4.73 Å². The molecule has 0 spiro atoms. The van der Waals surface area contributed by atoms with E-state index in [-0.39, 0.29) is 21.7 Å². The maximum absolute atomic E-state index is 11.5. The zero-order valence-corrected chi connectivity index (χ0v) is 12.6. The number of imidazole rings is 1. The van der Waals surface area contributed by atoms with Crippen LogP contribution in [-0.4, -0.2) is 34.4 Å². The third-order valence-corrected chi connectivity index (χ3v) is 4.34. The van der Waals surface area contributed by atoms with Crippen LogP contribution in [0.25, 0.3) is 11.2 Å². The summed E-state index contributed by atoms with van der Waals surface area (Å²) in [5.74, 6) is -0.0262. The molecule has 110 valence electrons. The summed E-state index contributed by atoms with van der Waals surface area (Å²) in [4.78, 5) is 37.4. The number of aromatic nitrogens is 4. The summed E-state index contributed by atoms with van der Waals surface area (Å²) in [6.07, 6.45) is 1.04. The van der Waals surface area contributed by atoms with Gasteiger partial charge in [0.05, 0.1) is 0 Å². The van der Waals surface area contributed by atoms with Crippen molar-refractivity contribution in [2.75, 3.05) is 5.73 Å². The summed E-state index contributed by atoms with van der Waals surface area (Å²) in [5.41, 5.74) is 5.46. The van der Waals surface area contributed by atoms with Gasteiger partial charge in [0, 0.05) is 0 Å². The maximum Gasteiger partial charge on any atom is 0.555 e. The number of anilines is 1. The summed E-state index contributed by atoms with van der Waals surface area (Å²) in [7, 11) is -10.4. The van der Waals surface area contributed by atoms with Crippen LogP contribution in [0.2, 0.25) is 0 Å². The first-order chi connectivity index (χ1) is 9.09. The molecule has 0 bridgehead atoms. The summed E-state index contributed by atoms with van der Waals surface area (Å²) in [6, 6.07) is 0. The quantitative estimate of drug-likeness (QED) is 0.401. The number of nitrogen functional groups attached to an aromatic ring is 1. The monoisotopic (exact) mass is 389 g/mol. The molecule has 0 amide bonds. The minimum atomic E-state index is -5.24. The number of rotatable bonds is 4. The van der Waals surface area contributed by atoms with E-state index < -0.39 is 15.6 Å². The zero-order chi connectivity index (χ0) is 15.1.